The number of carbonyl (C=O) groups is 3. The van der Waals surface area contributed by atoms with Crippen molar-refractivity contribution in [2.45, 2.75) is 20.0 Å². The number of hydrogen-bond acceptors (Lipinski definition) is 6. The molecule has 37 heavy (non-hydrogen) atoms. The number of hydrogen-bond donors (Lipinski definition) is 1. The van der Waals surface area contributed by atoms with E-state index in [0.717, 1.165) is 16.9 Å². The predicted octanol–water partition coefficient (Wildman–Crippen LogP) is 5.38. The Morgan fingerprint density at radius 1 is 0.946 bits per heavy atom. The summed E-state index contributed by atoms with van der Waals surface area (Å²) in [6, 6.07) is 17.9. The fraction of sp³-hybridized carbons (Fsp3) is 0.179. The van der Waals surface area contributed by atoms with Crippen LogP contribution in [0.1, 0.15) is 24.5 Å². The third-order valence-electron chi connectivity index (χ3n) is 5.47. The summed E-state index contributed by atoms with van der Waals surface area (Å²) in [5.41, 5.74) is 1.38. The van der Waals surface area contributed by atoms with Gasteiger partial charge in [0.15, 0.2) is 0 Å². The van der Waals surface area contributed by atoms with Crippen molar-refractivity contribution >= 4 is 41.2 Å². The molecular formula is C28H25ClN2O6. The molecule has 0 unspecified atom stereocenters. The lowest BCUT2D eigenvalue weighted by molar-refractivity contribution is -0.122. The molecule has 0 saturated carbocycles. The van der Waals surface area contributed by atoms with Gasteiger partial charge in [0.2, 0.25) is 0 Å². The largest absolute Gasteiger partial charge is 0.497 e. The number of barbiturate groups is 1. The first-order valence-corrected chi connectivity index (χ1v) is 12.0. The maximum Gasteiger partial charge on any atom is 0.335 e. The van der Waals surface area contributed by atoms with Crippen molar-refractivity contribution in [1.29, 1.82) is 0 Å². The minimum atomic E-state index is -0.832. The smallest absolute Gasteiger partial charge is 0.335 e. The van der Waals surface area contributed by atoms with E-state index in [1.807, 2.05) is 19.1 Å². The van der Waals surface area contributed by atoms with Crippen LogP contribution in [0.3, 0.4) is 0 Å². The van der Waals surface area contributed by atoms with Crippen LogP contribution < -0.4 is 24.4 Å². The SMILES string of the molecule is CCCOc1ccc(N2C(=O)NC(=O)/C(=C/c3ccc(OC)cc3OCc3cccc(Cl)c3)C2=O)cc1. The van der Waals surface area contributed by atoms with E-state index < -0.39 is 17.8 Å². The van der Waals surface area contributed by atoms with Crippen molar-refractivity contribution in [3.63, 3.8) is 0 Å². The molecule has 3 aromatic carbocycles. The molecule has 8 nitrogen and oxygen atoms in total. The lowest BCUT2D eigenvalue weighted by atomic mass is 10.1. The number of ether oxygens (including phenoxy) is 3. The Hall–Kier alpha value is -4.30. The number of nitrogens with zero attached hydrogens (tertiary/aromatic N) is 1. The second-order valence-corrected chi connectivity index (χ2v) is 8.56. The molecular weight excluding hydrogens is 496 g/mol. The average Bonchev–Trinajstić information content (AvgIpc) is 2.89. The third kappa shape index (κ3) is 6.10. The topological polar surface area (TPSA) is 94.2 Å². The van der Waals surface area contributed by atoms with Gasteiger partial charge in [-0.15, -0.1) is 0 Å². The number of urea groups is 1. The van der Waals surface area contributed by atoms with E-state index in [-0.39, 0.29) is 12.2 Å². The highest BCUT2D eigenvalue weighted by molar-refractivity contribution is 6.39. The Labute approximate surface area is 219 Å². The summed E-state index contributed by atoms with van der Waals surface area (Å²) in [7, 11) is 1.52. The van der Waals surface area contributed by atoms with Gasteiger partial charge in [-0.3, -0.25) is 14.9 Å². The zero-order chi connectivity index (χ0) is 26.4. The quantitative estimate of drug-likeness (QED) is 0.300. The molecule has 1 aliphatic heterocycles. The molecule has 0 bridgehead atoms. The van der Waals surface area contributed by atoms with Crippen LogP contribution in [0.15, 0.2) is 72.3 Å². The highest BCUT2D eigenvalue weighted by Gasteiger charge is 2.37. The van der Waals surface area contributed by atoms with Gasteiger partial charge in [0.25, 0.3) is 11.8 Å². The summed E-state index contributed by atoms with van der Waals surface area (Å²) in [6.45, 7) is 2.74. The van der Waals surface area contributed by atoms with Crippen LogP contribution in [0.4, 0.5) is 10.5 Å². The number of anilines is 1. The summed E-state index contributed by atoms with van der Waals surface area (Å²) in [5, 5.41) is 2.81. The summed E-state index contributed by atoms with van der Waals surface area (Å²) in [6.07, 6.45) is 2.24. The van der Waals surface area contributed by atoms with E-state index in [4.69, 9.17) is 25.8 Å². The highest BCUT2D eigenvalue weighted by atomic mass is 35.5. The number of benzene rings is 3. The van der Waals surface area contributed by atoms with E-state index in [1.54, 1.807) is 54.6 Å². The molecule has 9 heteroatoms. The van der Waals surface area contributed by atoms with Gasteiger partial charge < -0.3 is 14.2 Å². The molecule has 4 amide bonds. The highest BCUT2D eigenvalue weighted by Crippen LogP contribution is 2.30. The first-order valence-electron chi connectivity index (χ1n) is 11.6. The molecule has 1 N–H and O–H groups in total. The van der Waals surface area contributed by atoms with Gasteiger partial charge in [-0.2, -0.15) is 0 Å². The van der Waals surface area contributed by atoms with Crippen LogP contribution in [0.2, 0.25) is 5.02 Å². The minimum Gasteiger partial charge on any atom is -0.497 e. The van der Waals surface area contributed by atoms with Crippen LogP contribution in [0.25, 0.3) is 6.08 Å². The van der Waals surface area contributed by atoms with Crippen LogP contribution >= 0.6 is 11.6 Å². The van der Waals surface area contributed by atoms with Gasteiger partial charge in [0, 0.05) is 16.7 Å². The number of nitrogens with one attached hydrogen (secondary N) is 1. The van der Waals surface area contributed by atoms with Crippen LogP contribution in [-0.2, 0) is 16.2 Å². The minimum absolute atomic E-state index is 0.196. The Balaban J connectivity index is 1.63. The zero-order valence-corrected chi connectivity index (χ0v) is 21.1. The van der Waals surface area contributed by atoms with Crippen molar-refractivity contribution in [2.75, 3.05) is 18.6 Å². The molecule has 0 radical (unpaired) electrons. The average molecular weight is 521 g/mol. The molecule has 1 saturated heterocycles. The second kappa shape index (κ2) is 11.6. The third-order valence-corrected chi connectivity index (χ3v) is 5.71. The number of carbonyl (C=O) groups excluding carboxylic acids is 3. The first kappa shape index (κ1) is 25.8. The van der Waals surface area contributed by atoms with Gasteiger partial charge in [0.1, 0.15) is 29.4 Å². The molecule has 1 heterocycles. The fourth-order valence-electron chi connectivity index (χ4n) is 3.63. The molecule has 1 aliphatic rings. The monoisotopic (exact) mass is 520 g/mol. The summed E-state index contributed by atoms with van der Waals surface area (Å²) < 4.78 is 16.9. The number of halogens is 1. The van der Waals surface area contributed by atoms with Gasteiger partial charge in [-0.1, -0.05) is 30.7 Å². The Kier molecular flexibility index (Phi) is 8.10. The number of imide groups is 2. The number of rotatable bonds is 9. The summed E-state index contributed by atoms with van der Waals surface area (Å²) >= 11 is 6.07. The van der Waals surface area contributed by atoms with E-state index in [1.165, 1.54) is 13.2 Å². The van der Waals surface area contributed by atoms with Crippen LogP contribution in [0, 0.1) is 0 Å². The molecule has 4 rings (SSSR count). The Morgan fingerprint density at radius 2 is 1.70 bits per heavy atom. The molecule has 1 fully saturated rings. The molecule has 3 aromatic rings. The normalized spacial score (nSPS) is 14.5. The molecule has 0 aromatic heterocycles. The first-order chi connectivity index (χ1) is 17.9. The summed E-state index contributed by atoms with van der Waals surface area (Å²) in [4.78, 5) is 39.5. The Morgan fingerprint density at radius 3 is 2.41 bits per heavy atom. The second-order valence-electron chi connectivity index (χ2n) is 8.12. The summed E-state index contributed by atoms with van der Waals surface area (Å²) in [5.74, 6) is -0.0291. The maximum absolute atomic E-state index is 13.3. The van der Waals surface area contributed by atoms with Crippen molar-refractivity contribution in [2.24, 2.45) is 0 Å². The lowest BCUT2D eigenvalue weighted by Gasteiger charge is -2.26. The van der Waals surface area contributed by atoms with E-state index in [9.17, 15) is 14.4 Å². The Bertz CT molecular complexity index is 1350. The van der Waals surface area contributed by atoms with Gasteiger partial charge in [-0.25, -0.2) is 9.69 Å². The maximum atomic E-state index is 13.3. The fourth-order valence-corrected chi connectivity index (χ4v) is 3.85. The molecule has 0 atom stereocenters. The number of methoxy groups -OCH3 is 1. The van der Waals surface area contributed by atoms with Crippen LogP contribution in [0.5, 0.6) is 17.2 Å². The molecule has 0 spiro atoms. The predicted molar refractivity (Wildman–Crippen MR) is 140 cm³/mol. The van der Waals surface area contributed by atoms with Crippen molar-refractivity contribution < 1.29 is 28.6 Å². The van der Waals surface area contributed by atoms with E-state index in [2.05, 4.69) is 5.32 Å². The molecule has 0 aliphatic carbocycles. The lowest BCUT2D eigenvalue weighted by Crippen LogP contribution is -2.54. The van der Waals surface area contributed by atoms with Gasteiger partial charge in [0.05, 0.1) is 19.4 Å². The standard InChI is InChI=1S/C28H25ClN2O6/c1-3-13-36-22-11-8-21(9-12-22)31-27(33)24(26(32)30-28(31)34)15-19-7-10-23(35-2)16-25(19)37-17-18-5-4-6-20(29)14-18/h4-12,14-16H,3,13,17H2,1-2H3,(H,30,32,34)/b24-15-. The van der Waals surface area contributed by atoms with E-state index in [0.29, 0.717) is 40.1 Å². The van der Waals surface area contributed by atoms with Crippen molar-refractivity contribution in [3.8, 4) is 17.2 Å². The van der Waals surface area contributed by atoms with Gasteiger partial charge >= 0.3 is 6.03 Å². The van der Waals surface area contributed by atoms with E-state index >= 15 is 0 Å². The zero-order valence-electron chi connectivity index (χ0n) is 20.3. The van der Waals surface area contributed by atoms with Gasteiger partial charge in [-0.05, 0) is 66.6 Å². The molecule has 190 valence electrons. The van der Waals surface area contributed by atoms with Crippen LogP contribution in [-0.4, -0.2) is 31.6 Å². The van der Waals surface area contributed by atoms with Crippen molar-refractivity contribution in [1.82, 2.24) is 5.32 Å². The number of amides is 4. The van der Waals surface area contributed by atoms with Crippen molar-refractivity contribution in [3.05, 3.63) is 88.5 Å².